The van der Waals surface area contributed by atoms with Gasteiger partial charge in [-0.05, 0) is 38.1 Å². The molecule has 0 saturated carbocycles. The summed E-state index contributed by atoms with van der Waals surface area (Å²) >= 11 is 0. The molecular formula is C14H17N3O3. The van der Waals surface area contributed by atoms with Crippen LogP contribution in [-0.2, 0) is 0 Å². The average Bonchev–Trinajstić information content (AvgIpc) is 3.08. The molecule has 2 N–H and O–H groups in total. The van der Waals surface area contributed by atoms with Crippen LogP contribution < -0.4 is 10.1 Å². The second-order valence-corrected chi connectivity index (χ2v) is 4.98. The minimum absolute atomic E-state index is 0.0913. The Morgan fingerprint density at radius 1 is 1.45 bits per heavy atom. The largest absolute Gasteiger partial charge is 0.504 e. The summed E-state index contributed by atoms with van der Waals surface area (Å²) in [6.07, 6.45) is 1.00. The molecule has 0 aliphatic carbocycles. The van der Waals surface area contributed by atoms with Gasteiger partial charge in [0.1, 0.15) is 0 Å². The maximum atomic E-state index is 9.60. The van der Waals surface area contributed by atoms with E-state index < -0.39 is 0 Å². The van der Waals surface area contributed by atoms with Crippen molar-refractivity contribution in [2.24, 2.45) is 0 Å². The van der Waals surface area contributed by atoms with E-state index in [2.05, 4.69) is 22.4 Å². The number of phenols is 1. The van der Waals surface area contributed by atoms with Gasteiger partial charge in [-0.1, -0.05) is 5.16 Å². The van der Waals surface area contributed by atoms with E-state index in [1.165, 1.54) is 7.11 Å². The molecule has 2 atom stereocenters. The third kappa shape index (κ3) is 2.22. The van der Waals surface area contributed by atoms with Gasteiger partial charge in [0.05, 0.1) is 13.0 Å². The average molecular weight is 275 g/mol. The first-order valence-electron chi connectivity index (χ1n) is 6.63. The van der Waals surface area contributed by atoms with E-state index in [9.17, 15) is 5.11 Å². The van der Waals surface area contributed by atoms with Crippen LogP contribution in [0.15, 0.2) is 22.7 Å². The van der Waals surface area contributed by atoms with Crippen molar-refractivity contribution in [3.63, 3.8) is 0 Å². The summed E-state index contributed by atoms with van der Waals surface area (Å²) in [6.45, 7) is 3.09. The predicted octanol–water partition coefficient (Wildman–Crippen LogP) is 1.92. The van der Waals surface area contributed by atoms with Gasteiger partial charge in [-0.25, -0.2) is 0 Å². The fraction of sp³-hybridized carbons (Fsp3) is 0.429. The van der Waals surface area contributed by atoms with E-state index in [0.717, 1.165) is 18.5 Å². The third-order valence-corrected chi connectivity index (χ3v) is 3.72. The quantitative estimate of drug-likeness (QED) is 0.890. The van der Waals surface area contributed by atoms with E-state index in [0.29, 0.717) is 23.5 Å². The van der Waals surface area contributed by atoms with Crippen molar-refractivity contribution in [2.45, 2.75) is 25.3 Å². The van der Waals surface area contributed by atoms with Crippen LogP contribution in [0.4, 0.5) is 0 Å². The summed E-state index contributed by atoms with van der Waals surface area (Å²) in [7, 11) is 1.51. The molecular weight excluding hydrogens is 258 g/mol. The normalized spacial score (nSPS) is 22.1. The first-order valence-corrected chi connectivity index (χ1v) is 6.63. The SMILES string of the molecule is COc1cc(-c2noc(C3CCNC3C)n2)ccc1O. The summed E-state index contributed by atoms with van der Waals surface area (Å²) in [5, 5.41) is 17.0. The highest BCUT2D eigenvalue weighted by molar-refractivity contribution is 5.60. The van der Waals surface area contributed by atoms with Crippen LogP contribution in [0.1, 0.15) is 25.2 Å². The van der Waals surface area contributed by atoms with E-state index in [-0.39, 0.29) is 11.7 Å². The Bertz CT molecular complexity index is 611. The molecule has 1 aliphatic rings. The van der Waals surface area contributed by atoms with Crippen molar-refractivity contribution in [3.05, 3.63) is 24.1 Å². The molecule has 1 saturated heterocycles. The summed E-state index contributed by atoms with van der Waals surface area (Å²) < 4.78 is 10.5. The topological polar surface area (TPSA) is 80.4 Å². The second-order valence-electron chi connectivity index (χ2n) is 4.98. The lowest BCUT2D eigenvalue weighted by Gasteiger charge is -2.08. The lowest BCUT2D eigenvalue weighted by molar-refractivity contribution is 0.345. The van der Waals surface area contributed by atoms with Crippen molar-refractivity contribution in [3.8, 4) is 22.9 Å². The molecule has 0 amide bonds. The third-order valence-electron chi connectivity index (χ3n) is 3.72. The Hall–Kier alpha value is -2.08. The van der Waals surface area contributed by atoms with Gasteiger partial charge in [-0.15, -0.1) is 0 Å². The maximum Gasteiger partial charge on any atom is 0.231 e. The fourth-order valence-electron chi connectivity index (χ4n) is 2.52. The number of phenolic OH excluding ortho intramolecular Hbond substituents is 1. The number of rotatable bonds is 3. The van der Waals surface area contributed by atoms with Crippen LogP contribution in [0, 0.1) is 0 Å². The molecule has 6 nitrogen and oxygen atoms in total. The van der Waals surface area contributed by atoms with E-state index >= 15 is 0 Å². The molecule has 1 aliphatic heterocycles. The molecule has 0 spiro atoms. The van der Waals surface area contributed by atoms with Crippen LogP contribution in [0.5, 0.6) is 11.5 Å². The molecule has 6 heteroatoms. The molecule has 1 aromatic heterocycles. The van der Waals surface area contributed by atoms with Gasteiger partial charge in [0, 0.05) is 11.6 Å². The number of benzene rings is 1. The van der Waals surface area contributed by atoms with Crippen molar-refractivity contribution >= 4 is 0 Å². The van der Waals surface area contributed by atoms with E-state index in [4.69, 9.17) is 9.26 Å². The maximum absolute atomic E-state index is 9.60. The number of hydrogen-bond acceptors (Lipinski definition) is 6. The van der Waals surface area contributed by atoms with Gasteiger partial charge in [0.2, 0.25) is 11.7 Å². The molecule has 2 heterocycles. The van der Waals surface area contributed by atoms with Crippen molar-refractivity contribution < 1.29 is 14.4 Å². The molecule has 1 aromatic carbocycles. The monoisotopic (exact) mass is 275 g/mol. The number of aromatic nitrogens is 2. The van der Waals surface area contributed by atoms with Crippen LogP contribution in [0.3, 0.4) is 0 Å². The Kier molecular flexibility index (Phi) is 3.31. The van der Waals surface area contributed by atoms with E-state index in [1.807, 2.05) is 0 Å². The number of methoxy groups -OCH3 is 1. The predicted molar refractivity (Wildman–Crippen MR) is 72.8 cm³/mol. The zero-order valence-electron chi connectivity index (χ0n) is 11.5. The zero-order chi connectivity index (χ0) is 14.1. The van der Waals surface area contributed by atoms with Gasteiger partial charge in [-0.2, -0.15) is 4.98 Å². The first kappa shape index (κ1) is 12.9. The van der Waals surface area contributed by atoms with Gasteiger partial charge in [0.15, 0.2) is 11.5 Å². The smallest absolute Gasteiger partial charge is 0.231 e. The summed E-state index contributed by atoms with van der Waals surface area (Å²) in [5.41, 5.74) is 0.758. The molecule has 106 valence electrons. The molecule has 0 bridgehead atoms. The van der Waals surface area contributed by atoms with Gasteiger partial charge >= 0.3 is 0 Å². The summed E-state index contributed by atoms with van der Waals surface area (Å²) in [6, 6.07) is 5.34. The van der Waals surface area contributed by atoms with Crippen molar-refractivity contribution in [1.82, 2.24) is 15.5 Å². The van der Waals surface area contributed by atoms with Gasteiger partial charge in [-0.3, -0.25) is 0 Å². The number of ether oxygens (including phenoxy) is 1. The van der Waals surface area contributed by atoms with Crippen LogP contribution in [0.2, 0.25) is 0 Å². The Morgan fingerprint density at radius 3 is 3.00 bits per heavy atom. The van der Waals surface area contributed by atoms with E-state index in [1.54, 1.807) is 18.2 Å². The molecule has 1 fully saturated rings. The number of nitrogens with one attached hydrogen (secondary N) is 1. The second kappa shape index (κ2) is 5.13. The summed E-state index contributed by atoms with van der Waals surface area (Å²) in [4.78, 5) is 4.46. The Labute approximate surface area is 116 Å². The Balaban J connectivity index is 1.90. The lowest BCUT2D eigenvalue weighted by Crippen LogP contribution is -2.21. The first-order chi connectivity index (χ1) is 9.69. The Morgan fingerprint density at radius 2 is 2.30 bits per heavy atom. The van der Waals surface area contributed by atoms with Crippen LogP contribution in [-0.4, -0.2) is 34.9 Å². The number of hydrogen-bond donors (Lipinski definition) is 2. The summed E-state index contributed by atoms with van der Waals surface area (Å²) in [5.74, 6) is 1.91. The van der Waals surface area contributed by atoms with Gasteiger partial charge in [0.25, 0.3) is 0 Å². The van der Waals surface area contributed by atoms with Crippen LogP contribution >= 0.6 is 0 Å². The standard InChI is InChI=1S/C14H17N3O3/c1-8-10(5-6-15-8)14-16-13(17-20-14)9-3-4-11(18)12(7-9)19-2/h3-4,7-8,10,15,18H,5-6H2,1-2H3. The van der Waals surface area contributed by atoms with Crippen molar-refractivity contribution in [1.29, 1.82) is 0 Å². The highest BCUT2D eigenvalue weighted by Crippen LogP contribution is 2.32. The van der Waals surface area contributed by atoms with Crippen LogP contribution in [0.25, 0.3) is 11.4 Å². The highest BCUT2D eigenvalue weighted by atomic mass is 16.5. The molecule has 0 radical (unpaired) electrons. The highest BCUT2D eigenvalue weighted by Gasteiger charge is 2.29. The number of aromatic hydroxyl groups is 1. The van der Waals surface area contributed by atoms with Gasteiger partial charge < -0.3 is 19.7 Å². The molecule has 3 rings (SSSR count). The molecule has 2 unspecified atom stereocenters. The minimum Gasteiger partial charge on any atom is -0.504 e. The number of nitrogens with zero attached hydrogens (tertiary/aromatic N) is 2. The molecule has 2 aromatic rings. The minimum atomic E-state index is 0.0913. The lowest BCUT2D eigenvalue weighted by atomic mass is 10.0. The molecule has 20 heavy (non-hydrogen) atoms. The zero-order valence-corrected chi connectivity index (χ0v) is 11.5. The van der Waals surface area contributed by atoms with Crippen molar-refractivity contribution in [2.75, 3.05) is 13.7 Å². The fourth-order valence-corrected chi connectivity index (χ4v) is 2.52.